The Balaban J connectivity index is 2.00. The highest BCUT2D eigenvalue weighted by atomic mass is 16.6. The Bertz CT molecular complexity index is 972. The number of nitrogens with one attached hydrogen (secondary N) is 3. The van der Waals surface area contributed by atoms with E-state index in [1.54, 1.807) is 41.5 Å². The third-order valence-corrected chi connectivity index (χ3v) is 4.79. The number of rotatable bonds is 2. The van der Waals surface area contributed by atoms with Crippen LogP contribution in [0.5, 0.6) is 0 Å². The molecule has 5 atom stereocenters. The molecule has 6 N–H and O–H groups in total. The molecule has 14 nitrogen and oxygen atoms in total. The van der Waals surface area contributed by atoms with Gasteiger partial charge in [0, 0.05) is 0 Å². The van der Waals surface area contributed by atoms with Gasteiger partial charge >= 0.3 is 12.2 Å². The van der Waals surface area contributed by atoms with Crippen molar-refractivity contribution in [2.75, 3.05) is 22.1 Å². The summed E-state index contributed by atoms with van der Waals surface area (Å²) in [5.41, 5.74) is -2.83. The zero-order valence-electron chi connectivity index (χ0n) is 19.8. The highest BCUT2D eigenvalue weighted by Crippen LogP contribution is 2.32. The van der Waals surface area contributed by atoms with Gasteiger partial charge in [-0.2, -0.15) is 4.98 Å². The van der Waals surface area contributed by atoms with Crippen molar-refractivity contribution in [3.8, 4) is 0 Å². The second-order valence-electron chi connectivity index (χ2n) is 9.98. The highest BCUT2D eigenvalue weighted by Gasteiger charge is 2.47. The minimum absolute atomic E-state index is 0.0996. The van der Waals surface area contributed by atoms with Crippen LogP contribution in [0.15, 0.2) is 4.79 Å². The molecule has 1 fully saturated rings. The van der Waals surface area contributed by atoms with Crippen molar-refractivity contribution in [2.24, 2.45) is 0 Å². The number of fused-ring (bicyclic) bond motifs is 2. The maximum Gasteiger partial charge on any atom is 0.427 e. The Morgan fingerprint density at radius 3 is 2.09 bits per heavy atom. The number of hydrogen-bond donors (Lipinski definition) is 6. The Kier molecular flexibility index (Phi) is 6.81. The van der Waals surface area contributed by atoms with Crippen molar-refractivity contribution in [1.82, 2.24) is 9.97 Å². The molecule has 3 heterocycles. The molecule has 190 valence electrons. The van der Waals surface area contributed by atoms with E-state index in [1.807, 2.05) is 0 Å². The first kappa shape index (κ1) is 25.7. The van der Waals surface area contributed by atoms with Gasteiger partial charge in [-0.1, -0.05) is 0 Å². The topological polar surface area (TPSA) is 196 Å². The summed E-state index contributed by atoms with van der Waals surface area (Å²) in [6.45, 7) is 9.05. The summed E-state index contributed by atoms with van der Waals surface area (Å²) >= 11 is 0. The van der Waals surface area contributed by atoms with E-state index in [4.69, 9.17) is 14.2 Å². The molecule has 1 saturated heterocycles. The first-order valence-corrected chi connectivity index (χ1v) is 10.7. The minimum atomic E-state index is -1.40. The molecular weight excluding hydrogens is 454 g/mol. The number of carbonyl (C=O) groups is 2. The van der Waals surface area contributed by atoms with E-state index < -0.39 is 72.1 Å². The van der Waals surface area contributed by atoms with Crippen LogP contribution in [0.4, 0.5) is 27.0 Å². The van der Waals surface area contributed by atoms with Gasteiger partial charge in [0.15, 0.2) is 12.0 Å². The average molecular weight is 485 g/mol. The van der Waals surface area contributed by atoms with Crippen LogP contribution >= 0.6 is 0 Å². The second kappa shape index (κ2) is 9.02. The van der Waals surface area contributed by atoms with Gasteiger partial charge in [0.1, 0.15) is 41.2 Å². The molecule has 0 spiro atoms. The Hall–Kier alpha value is -2.94. The van der Waals surface area contributed by atoms with E-state index in [0.29, 0.717) is 4.90 Å². The van der Waals surface area contributed by atoms with Gasteiger partial charge in [-0.15, -0.1) is 4.90 Å². The maximum absolute atomic E-state index is 12.8. The molecule has 0 aromatic carbocycles. The molecule has 2 amide bonds. The van der Waals surface area contributed by atoms with Gasteiger partial charge in [0.2, 0.25) is 5.95 Å². The SMILES string of the molecule is CC(C)(C)OC(=O)N(C(=O)OC(C)(C)C)c1nc2c(c(=O)[nH]1)NC1C(N2)OC(CO)C(O)C1O. The van der Waals surface area contributed by atoms with Crippen molar-refractivity contribution < 1.29 is 39.1 Å². The van der Waals surface area contributed by atoms with Gasteiger partial charge in [0.25, 0.3) is 5.56 Å². The fourth-order valence-corrected chi connectivity index (χ4v) is 3.37. The summed E-state index contributed by atoms with van der Waals surface area (Å²) in [6.07, 6.45) is -7.12. The number of anilines is 3. The van der Waals surface area contributed by atoms with Crippen molar-refractivity contribution in [1.29, 1.82) is 0 Å². The molecule has 14 heteroatoms. The molecule has 0 radical (unpaired) electrons. The van der Waals surface area contributed by atoms with Gasteiger partial charge in [0.05, 0.1) is 6.61 Å². The number of aliphatic hydroxyl groups excluding tert-OH is 3. The van der Waals surface area contributed by atoms with Crippen LogP contribution in [0.25, 0.3) is 0 Å². The van der Waals surface area contributed by atoms with E-state index in [2.05, 4.69) is 20.6 Å². The number of aromatic nitrogens is 2. The van der Waals surface area contributed by atoms with Crippen molar-refractivity contribution in [2.45, 2.75) is 83.3 Å². The zero-order valence-corrected chi connectivity index (χ0v) is 19.8. The summed E-state index contributed by atoms with van der Waals surface area (Å²) < 4.78 is 16.1. The lowest BCUT2D eigenvalue weighted by atomic mass is 9.94. The van der Waals surface area contributed by atoms with Crippen LogP contribution in [-0.4, -0.2) is 85.9 Å². The standard InChI is InChI=1S/C20H31N5O9/c1-19(2,3)33-17(30)25(18(31)34-20(4,5)6)16-23-13-10(14(29)24-16)21-9-12(28)11(27)8(7-26)32-15(9)22-13/h8-9,11-12,15,21,26-28H,7H2,1-6H3,(H2,22,23,24,29). The molecule has 34 heavy (non-hydrogen) atoms. The predicted octanol–water partition coefficient (Wildman–Crippen LogP) is 0.0915. The molecule has 3 rings (SSSR count). The maximum atomic E-state index is 12.8. The smallest absolute Gasteiger partial charge is 0.427 e. The third kappa shape index (κ3) is 5.41. The van der Waals surface area contributed by atoms with Crippen LogP contribution in [0, 0.1) is 0 Å². The molecule has 2 aliphatic heterocycles. The quantitative estimate of drug-likeness (QED) is 0.331. The van der Waals surface area contributed by atoms with Crippen molar-refractivity contribution in [3.63, 3.8) is 0 Å². The average Bonchev–Trinajstić information content (AvgIpc) is 2.67. The number of nitrogens with zero attached hydrogens (tertiary/aromatic N) is 2. The summed E-state index contributed by atoms with van der Waals surface area (Å²) in [4.78, 5) is 45.5. The van der Waals surface area contributed by atoms with Gasteiger partial charge in [-0.3, -0.25) is 9.78 Å². The largest absolute Gasteiger partial charge is 0.443 e. The first-order chi connectivity index (χ1) is 15.6. The molecule has 1 aromatic heterocycles. The fourth-order valence-electron chi connectivity index (χ4n) is 3.37. The number of amides is 2. The van der Waals surface area contributed by atoms with Crippen LogP contribution < -0.4 is 21.1 Å². The lowest BCUT2D eigenvalue weighted by Crippen LogP contribution is -2.65. The number of imide groups is 1. The van der Waals surface area contributed by atoms with Gasteiger partial charge in [-0.05, 0) is 41.5 Å². The number of carbonyl (C=O) groups excluding carboxylic acids is 2. The van der Waals surface area contributed by atoms with E-state index in [0.717, 1.165) is 0 Å². The third-order valence-electron chi connectivity index (χ3n) is 4.79. The van der Waals surface area contributed by atoms with Gasteiger partial charge in [-0.25, -0.2) is 9.59 Å². The molecule has 0 bridgehead atoms. The summed E-state index contributed by atoms with van der Waals surface area (Å²) in [5, 5.41) is 35.5. The van der Waals surface area contributed by atoms with E-state index in [1.165, 1.54) is 0 Å². The van der Waals surface area contributed by atoms with E-state index in [9.17, 15) is 29.7 Å². The summed E-state index contributed by atoms with van der Waals surface area (Å²) in [5.74, 6) is -0.576. The number of aromatic amines is 1. The van der Waals surface area contributed by atoms with Crippen LogP contribution in [0.3, 0.4) is 0 Å². The molecular formula is C20H31N5O9. The molecule has 5 unspecified atom stereocenters. The van der Waals surface area contributed by atoms with E-state index >= 15 is 0 Å². The van der Waals surface area contributed by atoms with Crippen LogP contribution in [0.2, 0.25) is 0 Å². The summed E-state index contributed by atoms with van der Waals surface area (Å²) in [7, 11) is 0. The molecule has 2 aliphatic rings. The Labute approximate surface area is 195 Å². The lowest BCUT2D eigenvalue weighted by molar-refractivity contribution is -0.178. The minimum Gasteiger partial charge on any atom is -0.443 e. The van der Waals surface area contributed by atoms with E-state index in [-0.39, 0.29) is 11.5 Å². The molecule has 0 saturated carbocycles. The fraction of sp³-hybridized carbons (Fsp3) is 0.700. The number of aliphatic hydroxyl groups is 3. The predicted molar refractivity (Wildman–Crippen MR) is 119 cm³/mol. The number of hydrogen-bond acceptors (Lipinski definition) is 12. The Morgan fingerprint density at radius 1 is 1.03 bits per heavy atom. The first-order valence-electron chi connectivity index (χ1n) is 10.7. The van der Waals surface area contributed by atoms with Crippen LogP contribution in [0.1, 0.15) is 41.5 Å². The highest BCUT2D eigenvalue weighted by molar-refractivity contribution is 6.08. The molecule has 1 aromatic rings. The lowest BCUT2D eigenvalue weighted by Gasteiger charge is -2.45. The zero-order chi connectivity index (χ0) is 25.6. The summed E-state index contributed by atoms with van der Waals surface area (Å²) in [6, 6.07) is -0.952. The van der Waals surface area contributed by atoms with Crippen LogP contribution in [-0.2, 0) is 14.2 Å². The number of ether oxygens (including phenoxy) is 3. The second-order valence-corrected chi connectivity index (χ2v) is 9.98. The van der Waals surface area contributed by atoms with Crippen molar-refractivity contribution in [3.05, 3.63) is 10.4 Å². The molecule has 0 aliphatic carbocycles. The normalized spacial score (nSPS) is 26.3. The monoisotopic (exact) mass is 485 g/mol. The number of H-pyrrole nitrogens is 1. The Morgan fingerprint density at radius 2 is 1.59 bits per heavy atom. The van der Waals surface area contributed by atoms with Gasteiger partial charge < -0.3 is 40.2 Å². The van der Waals surface area contributed by atoms with Crippen molar-refractivity contribution >= 4 is 29.6 Å².